The van der Waals surface area contributed by atoms with Gasteiger partial charge in [-0.3, -0.25) is 9.80 Å². The summed E-state index contributed by atoms with van der Waals surface area (Å²) in [7, 11) is 1.79. The van der Waals surface area contributed by atoms with Crippen molar-refractivity contribution in [3.63, 3.8) is 0 Å². The third-order valence-electron chi connectivity index (χ3n) is 6.34. The molecular formula is C21H38N6O. The molecule has 2 fully saturated rings. The Morgan fingerprint density at radius 2 is 1.89 bits per heavy atom. The van der Waals surface area contributed by atoms with Crippen molar-refractivity contribution in [2.45, 2.75) is 45.2 Å². The molecule has 1 atom stereocenters. The summed E-state index contributed by atoms with van der Waals surface area (Å²) >= 11 is 0. The Morgan fingerprint density at radius 1 is 1.14 bits per heavy atom. The van der Waals surface area contributed by atoms with E-state index in [-0.39, 0.29) is 0 Å². The fourth-order valence-electron chi connectivity index (χ4n) is 4.70. The zero-order valence-corrected chi connectivity index (χ0v) is 17.7. The molecule has 0 aliphatic carbocycles. The van der Waals surface area contributed by atoms with Gasteiger partial charge in [0.2, 0.25) is 5.95 Å². The molecule has 0 radical (unpaired) electrons. The highest BCUT2D eigenvalue weighted by Crippen LogP contribution is 2.23. The third kappa shape index (κ3) is 6.37. The highest BCUT2D eigenvalue weighted by atomic mass is 16.5. The highest BCUT2D eigenvalue weighted by molar-refractivity contribution is 5.17. The first-order valence-electron chi connectivity index (χ1n) is 10.9. The molecule has 0 unspecified atom stereocenters. The highest BCUT2D eigenvalue weighted by Gasteiger charge is 2.27. The zero-order valence-electron chi connectivity index (χ0n) is 17.7. The lowest BCUT2D eigenvalue weighted by atomic mass is 9.95. The Morgan fingerprint density at radius 3 is 2.57 bits per heavy atom. The molecule has 0 bridgehead atoms. The molecule has 7 nitrogen and oxygen atoms in total. The number of aromatic nitrogens is 2. The predicted octanol–water partition coefficient (Wildman–Crippen LogP) is 1.70. The van der Waals surface area contributed by atoms with Gasteiger partial charge in [0.15, 0.2) is 0 Å². The first-order valence-corrected chi connectivity index (χ1v) is 10.9. The van der Waals surface area contributed by atoms with Crippen LogP contribution in [0.15, 0.2) is 12.4 Å². The maximum Gasteiger partial charge on any atom is 0.219 e. The van der Waals surface area contributed by atoms with Crippen LogP contribution in [0.4, 0.5) is 5.95 Å². The van der Waals surface area contributed by atoms with E-state index in [0.717, 1.165) is 50.8 Å². The molecular weight excluding hydrogens is 352 g/mol. The van der Waals surface area contributed by atoms with Crippen LogP contribution in [-0.2, 0) is 11.3 Å². The number of nitrogens with zero attached hydrogens (tertiary/aromatic N) is 5. The van der Waals surface area contributed by atoms with Crippen LogP contribution in [0.1, 0.15) is 38.2 Å². The number of likely N-dealkylation sites (N-methyl/N-ethyl adjacent to an activating group) is 1. The Labute approximate surface area is 170 Å². The van der Waals surface area contributed by atoms with E-state index >= 15 is 0 Å². The van der Waals surface area contributed by atoms with Crippen molar-refractivity contribution < 1.29 is 4.74 Å². The van der Waals surface area contributed by atoms with Crippen LogP contribution in [0.3, 0.4) is 0 Å². The molecule has 0 aromatic carbocycles. The van der Waals surface area contributed by atoms with Gasteiger partial charge in [0, 0.05) is 57.3 Å². The molecule has 7 heteroatoms. The van der Waals surface area contributed by atoms with Crippen molar-refractivity contribution >= 4 is 5.95 Å². The number of anilines is 1. The predicted molar refractivity (Wildman–Crippen MR) is 113 cm³/mol. The maximum atomic E-state index is 5.67. The Balaban J connectivity index is 1.57. The number of nitrogen functional groups attached to an aromatic ring is 1. The first-order chi connectivity index (χ1) is 13.7. The minimum Gasteiger partial charge on any atom is -0.383 e. The molecule has 3 rings (SSSR count). The van der Waals surface area contributed by atoms with Gasteiger partial charge in [-0.05, 0) is 57.8 Å². The lowest BCUT2D eigenvalue weighted by molar-refractivity contribution is 0.0964. The van der Waals surface area contributed by atoms with Crippen LogP contribution < -0.4 is 5.73 Å². The van der Waals surface area contributed by atoms with Crippen molar-refractivity contribution in [3.8, 4) is 0 Å². The molecule has 1 aromatic heterocycles. The van der Waals surface area contributed by atoms with Gasteiger partial charge < -0.3 is 15.4 Å². The van der Waals surface area contributed by atoms with E-state index in [9.17, 15) is 0 Å². The zero-order chi connectivity index (χ0) is 19.8. The van der Waals surface area contributed by atoms with Crippen LogP contribution >= 0.6 is 0 Å². The van der Waals surface area contributed by atoms with Crippen LogP contribution in [0.25, 0.3) is 0 Å². The number of rotatable bonds is 10. The van der Waals surface area contributed by atoms with Crippen molar-refractivity contribution in [2.24, 2.45) is 5.92 Å². The summed E-state index contributed by atoms with van der Waals surface area (Å²) in [5, 5.41) is 0. The van der Waals surface area contributed by atoms with Crippen LogP contribution in [0.5, 0.6) is 0 Å². The molecule has 0 saturated carbocycles. The summed E-state index contributed by atoms with van der Waals surface area (Å²) in [6, 6.07) is 0.682. The largest absolute Gasteiger partial charge is 0.383 e. The third-order valence-corrected chi connectivity index (χ3v) is 6.34. The number of nitrogens with two attached hydrogens (primary N) is 1. The smallest absolute Gasteiger partial charge is 0.219 e. The summed E-state index contributed by atoms with van der Waals surface area (Å²) in [6.07, 6.45) is 8.97. The number of piperidine rings is 1. The number of hydrogen-bond acceptors (Lipinski definition) is 7. The molecule has 3 heterocycles. The van der Waals surface area contributed by atoms with E-state index in [1.807, 2.05) is 12.4 Å². The fourth-order valence-corrected chi connectivity index (χ4v) is 4.70. The lowest BCUT2D eigenvalue weighted by Gasteiger charge is -2.36. The fraction of sp³-hybridized carbons (Fsp3) is 0.810. The minimum absolute atomic E-state index is 0.353. The molecule has 2 saturated heterocycles. The van der Waals surface area contributed by atoms with Crippen LogP contribution in [0, 0.1) is 5.92 Å². The monoisotopic (exact) mass is 390 g/mol. The second-order valence-corrected chi connectivity index (χ2v) is 8.35. The van der Waals surface area contributed by atoms with E-state index < -0.39 is 0 Å². The summed E-state index contributed by atoms with van der Waals surface area (Å²) in [6.45, 7) is 12.2. The van der Waals surface area contributed by atoms with Gasteiger partial charge in [-0.1, -0.05) is 6.92 Å². The first kappa shape index (κ1) is 21.4. The quantitative estimate of drug-likeness (QED) is 0.652. The van der Waals surface area contributed by atoms with Gasteiger partial charge in [-0.2, -0.15) is 0 Å². The normalized spacial score (nSPS) is 22.3. The van der Waals surface area contributed by atoms with E-state index in [2.05, 4.69) is 31.6 Å². The average Bonchev–Trinajstić information content (AvgIpc) is 3.16. The van der Waals surface area contributed by atoms with Crippen LogP contribution in [0.2, 0.25) is 0 Å². The molecule has 0 amide bonds. The molecule has 2 aliphatic rings. The molecule has 158 valence electrons. The number of likely N-dealkylation sites (tertiary alicyclic amines) is 2. The molecule has 2 N–H and O–H groups in total. The summed E-state index contributed by atoms with van der Waals surface area (Å²) in [4.78, 5) is 16.2. The van der Waals surface area contributed by atoms with Crippen molar-refractivity contribution in [1.82, 2.24) is 24.7 Å². The lowest BCUT2D eigenvalue weighted by Crippen LogP contribution is -2.44. The van der Waals surface area contributed by atoms with E-state index in [4.69, 9.17) is 10.5 Å². The van der Waals surface area contributed by atoms with Gasteiger partial charge in [-0.25, -0.2) is 9.97 Å². The minimum atomic E-state index is 0.353. The van der Waals surface area contributed by atoms with E-state index in [1.165, 1.54) is 45.3 Å². The van der Waals surface area contributed by atoms with Crippen LogP contribution in [-0.4, -0.2) is 90.2 Å². The average molecular weight is 391 g/mol. The standard InChI is InChI=1S/C21H38N6O/c1-3-27-8-4-5-20(27)17-26(16-19-13-23-21(22)24-14-19)15-18-6-9-25(10-7-18)11-12-28-2/h13-14,18,20H,3-12,15-17H2,1-2H3,(H2,22,23,24)/t20-/m0/s1. The number of methoxy groups -OCH3 is 1. The van der Waals surface area contributed by atoms with Gasteiger partial charge >= 0.3 is 0 Å². The van der Waals surface area contributed by atoms with Crippen molar-refractivity contribution in [1.29, 1.82) is 0 Å². The van der Waals surface area contributed by atoms with Gasteiger partial charge in [-0.15, -0.1) is 0 Å². The second kappa shape index (κ2) is 11.0. The summed E-state index contributed by atoms with van der Waals surface area (Å²) < 4.78 is 5.23. The topological polar surface area (TPSA) is 70.8 Å². The van der Waals surface area contributed by atoms with Crippen molar-refractivity contribution in [2.75, 3.05) is 65.3 Å². The molecule has 0 spiro atoms. The van der Waals surface area contributed by atoms with E-state index in [0.29, 0.717) is 12.0 Å². The van der Waals surface area contributed by atoms with Gasteiger partial charge in [0.05, 0.1) is 6.61 Å². The van der Waals surface area contributed by atoms with Gasteiger partial charge in [0.25, 0.3) is 0 Å². The molecule has 1 aromatic rings. The summed E-state index contributed by atoms with van der Waals surface area (Å²) in [5.41, 5.74) is 6.83. The number of ether oxygens (including phenoxy) is 1. The van der Waals surface area contributed by atoms with Crippen molar-refractivity contribution in [3.05, 3.63) is 18.0 Å². The summed E-state index contributed by atoms with van der Waals surface area (Å²) in [5.74, 6) is 1.12. The SMILES string of the molecule is CCN1CCC[C@H]1CN(Cc1cnc(N)nc1)CC1CCN(CCOC)CC1. The Bertz CT molecular complexity index is 561. The molecule has 28 heavy (non-hydrogen) atoms. The second-order valence-electron chi connectivity index (χ2n) is 8.35. The Hall–Kier alpha value is -1.28. The Kier molecular flexibility index (Phi) is 8.45. The molecule has 2 aliphatic heterocycles. The maximum absolute atomic E-state index is 5.67. The van der Waals surface area contributed by atoms with Gasteiger partial charge in [0.1, 0.15) is 0 Å². The van der Waals surface area contributed by atoms with E-state index in [1.54, 1.807) is 7.11 Å². The number of hydrogen-bond donors (Lipinski definition) is 1.